The minimum Gasteiger partial charge on any atom is -0.497 e. The lowest BCUT2D eigenvalue weighted by molar-refractivity contribution is -0.136. The van der Waals surface area contributed by atoms with Gasteiger partial charge in [-0.2, -0.15) is 5.10 Å². The quantitative estimate of drug-likeness (QED) is 0.772. The van der Waals surface area contributed by atoms with Gasteiger partial charge in [0.1, 0.15) is 11.5 Å². The lowest BCUT2D eigenvalue weighted by Gasteiger charge is -2.29. The summed E-state index contributed by atoms with van der Waals surface area (Å²) in [5, 5.41) is 4.74. The van der Waals surface area contributed by atoms with Gasteiger partial charge in [-0.3, -0.25) is 9.48 Å². The summed E-state index contributed by atoms with van der Waals surface area (Å²) in [6.07, 6.45) is 5.20. The van der Waals surface area contributed by atoms with Crippen LogP contribution in [-0.4, -0.2) is 41.4 Å². The van der Waals surface area contributed by atoms with E-state index in [4.69, 9.17) is 21.1 Å². The topological polar surface area (TPSA) is 56.6 Å². The second-order valence-electron chi connectivity index (χ2n) is 6.58. The van der Waals surface area contributed by atoms with Crippen molar-refractivity contribution in [1.29, 1.82) is 0 Å². The van der Waals surface area contributed by atoms with Gasteiger partial charge in [0, 0.05) is 18.3 Å². The highest BCUT2D eigenvalue weighted by Gasteiger charge is 2.34. The highest BCUT2D eigenvalue weighted by Crippen LogP contribution is 2.39. The van der Waals surface area contributed by atoms with E-state index < -0.39 is 0 Å². The summed E-state index contributed by atoms with van der Waals surface area (Å²) in [5.74, 6) is 1.47. The third-order valence-corrected chi connectivity index (χ3v) is 5.01. The molecular weight excluding hydrogens is 354 g/mol. The Morgan fingerprint density at radius 1 is 1.38 bits per heavy atom. The van der Waals surface area contributed by atoms with Crippen molar-refractivity contribution in [2.24, 2.45) is 5.92 Å². The van der Waals surface area contributed by atoms with E-state index in [1.165, 1.54) is 0 Å². The molecule has 3 rings (SSSR count). The third kappa shape index (κ3) is 3.80. The van der Waals surface area contributed by atoms with Gasteiger partial charge in [-0.25, -0.2) is 0 Å². The number of benzene rings is 1. The number of rotatable bonds is 6. The summed E-state index contributed by atoms with van der Waals surface area (Å²) < 4.78 is 12.6. The molecule has 1 amide bonds. The molecular formula is C19H24ClN3O3. The number of hydrogen-bond donors (Lipinski definition) is 0. The van der Waals surface area contributed by atoms with Gasteiger partial charge in [-0.15, -0.1) is 0 Å². The monoisotopic (exact) mass is 377 g/mol. The molecule has 0 N–H and O–H groups in total. The van der Waals surface area contributed by atoms with Crippen LogP contribution in [0, 0.1) is 5.92 Å². The van der Waals surface area contributed by atoms with E-state index in [1.54, 1.807) is 31.3 Å². The first kappa shape index (κ1) is 18.6. The zero-order valence-corrected chi connectivity index (χ0v) is 16.1. The summed E-state index contributed by atoms with van der Waals surface area (Å²) in [6.45, 7) is 3.17. The summed E-state index contributed by atoms with van der Waals surface area (Å²) >= 11 is 5.91. The van der Waals surface area contributed by atoms with E-state index in [2.05, 4.69) is 5.10 Å². The van der Waals surface area contributed by atoms with Gasteiger partial charge >= 0.3 is 0 Å². The number of nitrogens with zero attached hydrogens (tertiary/aromatic N) is 3. The molecule has 0 unspecified atom stereocenters. The minimum atomic E-state index is -0.192. The molecule has 7 heteroatoms. The van der Waals surface area contributed by atoms with Gasteiger partial charge in [0.15, 0.2) is 0 Å². The van der Waals surface area contributed by atoms with Crippen LogP contribution in [0.3, 0.4) is 0 Å². The highest BCUT2D eigenvalue weighted by atomic mass is 35.5. The van der Waals surface area contributed by atoms with Crippen LogP contribution >= 0.6 is 11.6 Å². The number of carbonyl (C=O) groups excluding carboxylic acids is 1. The molecule has 2 atom stereocenters. The zero-order valence-electron chi connectivity index (χ0n) is 15.3. The Morgan fingerprint density at radius 2 is 2.19 bits per heavy atom. The lowest BCUT2D eigenvalue weighted by atomic mass is 10.0. The molecule has 2 aromatic rings. The predicted octanol–water partition coefficient (Wildman–Crippen LogP) is 3.55. The van der Waals surface area contributed by atoms with Crippen LogP contribution in [0.2, 0.25) is 5.02 Å². The highest BCUT2D eigenvalue weighted by molar-refractivity contribution is 6.30. The van der Waals surface area contributed by atoms with E-state index in [0.717, 1.165) is 36.4 Å². The van der Waals surface area contributed by atoms with Crippen molar-refractivity contribution in [3.63, 3.8) is 0 Å². The Labute approximate surface area is 158 Å². The molecule has 0 saturated carbocycles. The Hall–Kier alpha value is -2.21. The molecule has 1 aliphatic rings. The first-order valence-corrected chi connectivity index (χ1v) is 9.11. The van der Waals surface area contributed by atoms with Crippen molar-refractivity contribution >= 4 is 17.5 Å². The maximum atomic E-state index is 13.1. The number of halogens is 1. The van der Waals surface area contributed by atoms with E-state index in [1.807, 2.05) is 30.0 Å². The molecule has 1 aliphatic heterocycles. The number of amides is 1. The molecule has 2 heterocycles. The van der Waals surface area contributed by atoms with Gasteiger partial charge in [0.25, 0.3) is 0 Å². The van der Waals surface area contributed by atoms with Crippen LogP contribution in [-0.2, 0) is 11.3 Å². The minimum absolute atomic E-state index is 0.00351. The molecule has 1 aromatic carbocycles. The van der Waals surface area contributed by atoms with Gasteiger partial charge in [0.2, 0.25) is 5.91 Å². The molecule has 0 radical (unpaired) electrons. The molecule has 1 aromatic heterocycles. The smallest absolute Gasteiger partial charge is 0.227 e. The number of methoxy groups -OCH3 is 2. The largest absolute Gasteiger partial charge is 0.497 e. The maximum absolute atomic E-state index is 13.1. The molecule has 6 nitrogen and oxygen atoms in total. The van der Waals surface area contributed by atoms with Crippen LogP contribution in [0.4, 0.5) is 0 Å². The maximum Gasteiger partial charge on any atom is 0.227 e. The van der Waals surface area contributed by atoms with Gasteiger partial charge in [-0.05, 0) is 31.0 Å². The van der Waals surface area contributed by atoms with Crippen molar-refractivity contribution in [3.8, 4) is 11.5 Å². The number of aromatic nitrogens is 2. The number of ether oxygens (including phenoxy) is 2. The van der Waals surface area contributed by atoms with Crippen molar-refractivity contribution in [2.45, 2.75) is 32.4 Å². The third-order valence-electron chi connectivity index (χ3n) is 4.82. The molecule has 0 spiro atoms. The van der Waals surface area contributed by atoms with Crippen molar-refractivity contribution < 1.29 is 14.3 Å². The Kier molecular flexibility index (Phi) is 5.71. The van der Waals surface area contributed by atoms with Gasteiger partial charge in [0.05, 0.1) is 43.9 Å². The van der Waals surface area contributed by atoms with Crippen LogP contribution in [0.1, 0.15) is 31.4 Å². The van der Waals surface area contributed by atoms with Crippen molar-refractivity contribution in [1.82, 2.24) is 14.7 Å². The summed E-state index contributed by atoms with van der Waals surface area (Å²) in [7, 11) is 3.29. The Balaban J connectivity index is 1.80. The lowest BCUT2D eigenvalue weighted by Crippen LogP contribution is -2.36. The van der Waals surface area contributed by atoms with Crippen molar-refractivity contribution in [2.75, 3.05) is 20.8 Å². The average Bonchev–Trinajstić information content (AvgIpc) is 3.29. The Morgan fingerprint density at radius 3 is 2.85 bits per heavy atom. The first-order chi connectivity index (χ1) is 12.5. The van der Waals surface area contributed by atoms with Crippen LogP contribution in [0.25, 0.3) is 0 Å². The fourth-order valence-electron chi connectivity index (χ4n) is 3.53. The standard InChI is InChI=1S/C19H24ClN3O3/c1-13(11-22-12-14(20)10-21-22)19(24)23-8-4-5-17(23)16-9-15(25-2)6-7-18(16)26-3/h6-7,9-10,12-13,17H,4-5,8,11H2,1-3H3/t13-,17-/m1/s1. The number of carbonyl (C=O) groups is 1. The van der Waals surface area contributed by atoms with E-state index in [9.17, 15) is 4.79 Å². The first-order valence-electron chi connectivity index (χ1n) is 8.74. The molecule has 0 aliphatic carbocycles. The molecule has 1 saturated heterocycles. The predicted molar refractivity (Wildman–Crippen MR) is 99.6 cm³/mol. The van der Waals surface area contributed by atoms with E-state index in [0.29, 0.717) is 11.6 Å². The van der Waals surface area contributed by atoms with Gasteiger partial charge in [-0.1, -0.05) is 18.5 Å². The molecule has 140 valence electrons. The SMILES string of the molecule is COc1ccc(OC)c([C@H]2CCCN2C(=O)[C@H](C)Cn2cc(Cl)cn2)c1. The van der Waals surface area contributed by atoms with E-state index in [-0.39, 0.29) is 17.9 Å². The van der Waals surface area contributed by atoms with Crippen LogP contribution in [0.15, 0.2) is 30.6 Å². The average molecular weight is 378 g/mol. The number of likely N-dealkylation sites (tertiary alicyclic amines) is 1. The normalized spacial score (nSPS) is 18.0. The van der Waals surface area contributed by atoms with Gasteiger partial charge < -0.3 is 14.4 Å². The zero-order chi connectivity index (χ0) is 18.7. The summed E-state index contributed by atoms with van der Waals surface area (Å²) in [6, 6.07) is 5.72. The van der Waals surface area contributed by atoms with Crippen LogP contribution in [0.5, 0.6) is 11.5 Å². The fraction of sp³-hybridized carbons (Fsp3) is 0.474. The second kappa shape index (κ2) is 7.99. The van der Waals surface area contributed by atoms with Crippen molar-refractivity contribution in [3.05, 3.63) is 41.2 Å². The molecule has 0 bridgehead atoms. The number of hydrogen-bond acceptors (Lipinski definition) is 4. The summed E-state index contributed by atoms with van der Waals surface area (Å²) in [4.78, 5) is 15.0. The Bertz CT molecular complexity index is 777. The van der Waals surface area contributed by atoms with E-state index >= 15 is 0 Å². The molecule has 26 heavy (non-hydrogen) atoms. The summed E-state index contributed by atoms with van der Waals surface area (Å²) in [5.41, 5.74) is 0.993. The fourth-order valence-corrected chi connectivity index (χ4v) is 3.69. The van der Waals surface area contributed by atoms with Crippen LogP contribution < -0.4 is 9.47 Å². The second-order valence-corrected chi connectivity index (χ2v) is 7.02. The molecule has 1 fully saturated rings.